The van der Waals surface area contributed by atoms with Gasteiger partial charge in [0.2, 0.25) is 0 Å². The molecule has 0 unspecified atom stereocenters. The highest BCUT2D eigenvalue weighted by Crippen LogP contribution is 2.23. The Morgan fingerprint density at radius 2 is 2.07 bits per heavy atom. The van der Waals surface area contributed by atoms with Crippen LogP contribution in [0.3, 0.4) is 0 Å². The van der Waals surface area contributed by atoms with E-state index in [1.165, 1.54) is 0 Å². The molecule has 0 aliphatic rings. The van der Waals surface area contributed by atoms with E-state index in [4.69, 9.17) is 5.73 Å². The fraction of sp³-hybridized carbons (Fsp3) is 0. The van der Waals surface area contributed by atoms with Crippen LogP contribution in [0.25, 0.3) is 5.69 Å². The zero-order valence-corrected chi connectivity index (χ0v) is 10.3. The predicted octanol–water partition coefficient (Wildman–Crippen LogP) is 2.98. The number of nitrogens with zero attached hydrogens (tertiary/aromatic N) is 2. The second-order valence-corrected chi connectivity index (χ2v) is 4.54. The number of hydrogen-bond donors (Lipinski definition) is 1. The molecule has 14 heavy (non-hydrogen) atoms. The van der Waals surface area contributed by atoms with Crippen molar-refractivity contribution in [3.05, 3.63) is 39.4 Å². The quantitative estimate of drug-likeness (QED) is 0.879. The number of aromatic nitrogens is 2. The van der Waals surface area contributed by atoms with E-state index in [-0.39, 0.29) is 0 Å². The molecule has 1 aromatic carbocycles. The van der Waals surface area contributed by atoms with Gasteiger partial charge in [-0.2, -0.15) is 5.10 Å². The average Bonchev–Trinajstić information content (AvgIpc) is 2.48. The third-order valence-corrected chi connectivity index (χ3v) is 2.92. The van der Waals surface area contributed by atoms with Crippen LogP contribution >= 0.6 is 31.9 Å². The Kier molecular flexibility index (Phi) is 2.60. The molecule has 0 bridgehead atoms. The molecule has 72 valence electrons. The predicted molar refractivity (Wildman–Crippen MR) is 63.4 cm³/mol. The largest absolute Gasteiger partial charge is 0.383 e. The van der Waals surface area contributed by atoms with Crippen LogP contribution in [0.5, 0.6) is 0 Å². The van der Waals surface area contributed by atoms with Crippen LogP contribution < -0.4 is 5.73 Å². The van der Waals surface area contributed by atoms with E-state index in [9.17, 15) is 0 Å². The third-order valence-electron chi connectivity index (χ3n) is 1.81. The SMILES string of the molecule is Nc1c(Br)cnn1-c1cccc(Br)c1. The lowest BCUT2D eigenvalue weighted by Gasteiger charge is -2.03. The van der Waals surface area contributed by atoms with Gasteiger partial charge in [0.25, 0.3) is 0 Å². The summed E-state index contributed by atoms with van der Waals surface area (Å²) in [4.78, 5) is 0. The lowest BCUT2D eigenvalue weighted by atomic mass is 10.3. The molecule has 0 spiro atoms. The summed E-state index contributed by atoms with van der Waals surface area (Å²) in [6.07, 6.45) is 1.68. The van der Waals surface area contributed by atoms with Crippen molar-refractivity contribution in [3.8, 4) is 5.69 Å². The van der Waals surface area contributed by atoms with Gasteiger partial charge in [0.15, 0.2) is 0 Å². The van der Waals surface area contributed by atoms with Crippen LogP contribution in [0.1, 0.15) is 0 Å². The van der Waals surface area contributed by atoms with Crippen molar-refractivity contribution >= 4 is 37.7 Å². The van der Waals surface area contributed by atoms with E-state index in [1.807, 2.05) is 24.3 Å². The second-order valence-electron chi connectivity index (χ2n) is 2.77. The number of halogens is 2. The van der Waals surface area contributed by atoms with Crippen LogP contribution in [0.15, 0.2) is 39.4 Å². The molecule has 0 atom stereocenters. The number of nitrogens with two attached hydrogens (primary N) is 1. The van der Waals surface area contributed by atoms with E-state index >= 15 is 0 Å². The van der Waals surface area contributed by atoms with Gasteiger partial charge < -0.3 is 5.73 Å². The second kappa shape index (κ2) is 3.74. The van der Waals surface area contributed by atoms with Crippen molar-refractivity contribution in [1.82, 2.24) is 9.78 Å². The molecular formula is C9H7Br2N3. The smallest absolute Gasteiger partial charge is 0.141 e. The molecule has 2 aromatic rings. The highest BCUT2D eigenvalue weighted by atomic mass is 79.9. The minimum absolute atomic E-state index is 0.600. The maximum absolute atomic E-state index is 5.82. The van der Waals surface area contributed by atoms with Gasteiger partial charge >= 0.3 is 0 Å². The first-order valence-corrected chi connectivity index (χ1v) is 5.52. The monoisotopic (exact) mass is 315 g/mol. The van der Waals surface area contributed by atoms with Crippen molar-refractivity contribution in [2.24, 2.45) is 0 Å². The summed E-state index contributed by atoms with van der Waals surface area (Å²) in [5.41, 5.74) is 6.76. The van der Waals surface area contributed by atoms with E-state index in [0.717, 1.165) is 14.6 Å². The molecule has 0 fully saturated rings. The Morgan fingerprint density at radius 1 is 1.29 bits per heavy atom. The molecular weight excluding hydrogens is 310 g/mol. The van der Waals surface area contributed by atoms with E-state index in [1.54, 1.807) is 10.9 Å². The summed E-state index contributed by atoms with van der Waals surface area (Å²) in [6.45, 7) is 0. The Hall–Kier alpha value is -0.810. The van der Waals surface area contributed by atoms with Gasteiger partial charge in [0.1, 0.15) is 5.82 Å². The Morgan fingerprint density at radius 3 is 2.64 bits per heavy atom. The van der Waals surface area contributed by atoms with E-state index in [0.29, 0.717) is 5.82 Å². The number of benzene rings is 1. The van der Waals surface area contributed by atoms with Crippen LogP contribution in [0.4, 0.5) is 5.82 Å². The maximum atomic E-state index is 5.82. The minimum atomic E-state index is 0.600. The van der Waals surface area contributed by atoms with Gasteiger partial charge in [-0.05, 0) is 34.1 Å². The van der Waals surface area contributed by atoms with Crippen LogP contribution in [-0.4, -0.2) is 9.78 Å². The number of hydrogen-bond acceptors (Lipinski definition) is 2. The molecule has 0 saturated carbocycles. The van der Waals surface area contributed by atoms with Crippen molar-refractivity contribution < 1.29 is 0 Å². The average molecular weight is 317 g/mol. The van der Waals surface area contributed by atoms with Gasteiger partial charge in [-0.15, -0.1) is 0 Å². The topological polar surface area (TPSA) is 43.8 Å². The first-order chi connectivity index (χ1) is 6.68. The van der Waals surface area contributed by atoms with Gasteiger partial charge in [-0.25, -0.2) is 4.68 Å². The molecule has 1 aromatic heterocycles. The summed E-state index contributed by atoms with van der Waals surface area (Å²) in [7, 11) is 0. The Bertz CT molecular complexity index is 465. The van der Waals surface area contributed by atoms with Crippen molar-refractivity contribution in [1.29, 1.82) is 0 Å². The van der Waals surface area contributed by atoms with E-state index < -0.39 is 0 Å². The van der Waals surface area contributed by atoms with Gasteiger partial charge in [-0.3, -0.25) is 0 Å². The van der Waals surface area contributed by atoms with Gasteiger partial charge in [0, 0.05) is 4.47 Å². The van der Waals surface area contributed by atoms with Crippen LogP contribution in [0.2, 0.25) is 0 Å². The molecule has 0 aliphatic carbocycles. The first kappa shape index (κ1) is 9.73. The Labute approximate surface area is 98.2 Å². The van der Waals surface area contributed by atoms with Crippen LogP contribution in [-0.2, 0) is 0 Å². The zero-order chi connectivity index (χ0) is 10.1. The summed E-state index contributed by atoms with van der Waals surface area (Å²) in [5, 5.41) is 4.15. The highest BCUT2D eigenvalue weighted by molar-refractivity contribution is 9.10. The van der Waals surface area contributed by atoms with Crippen molar-refractivity contribution in [3.63, 3.8) is 0 Å². The van der Waals surface area contributed by atoms with Crippen LogP contribution in [0, 0.1) is 0 Å². The molecule has 0 amide bonds. The molecule has 0 aliphatic heterocycles. The highest BCUT2D eigenvalue weighted by Gasteiger charge is 2.06. The molecule has 5 heteroatoms. The Balaban J connectivity index is 2.55. The molecule has 0 radical (unpaired) electrons. The maximum Gasteiger partial charge on any atom is 0.141 e. The molecule has 2 rings (SSSR count). The fourth-order valence-corrected chi connectivity index (χ4v) is 1.80. The van der Waals surface area contributed by atoms with E-state index in [2.05, 4.69) is 37.0 Å². The molecule has 2 N–H and O–H groups in total. The molecule has 3 nitrogen and oxygen atoms in total. The molecule has 1 heterocycles. The summed E-state index contributed by atoms with van der Waals surface area (Å²) in [6, 6.07) is 7.79. The van der Waals surface area contributed by atoms with Crippen molar-refractivity contribution in [2.75, 3.05) is 5.73 Å². The lowest BCUT2D eigenvalue weighted by molar-refractivity contribution is 0.890. The number of rotatable bonds is 1. The van der Waals surface area contributed by atoms with Gasteiger partial charge in [-0.1, -0.05) is 22.0 Å². The summed E-state index contributed by atoms with van der Waals surface area (Å²) >= 11 is 6.71. The fourth-order valence-electron chi connectivity index (χ4n) is 1.15. The standard InChI is InChI=1S/C9H7Br2N3/c10-6-2-1-3-7(4-6)14-9(12)8(11)5-13-14/h1-5H,12H2. The lowest BCUT2D eigenvalue weighted by Crippen LogP contribution is -2.01. The normalized spacial score (nSPS) is 10.4. The number of anilines is 1. The minimum Gasteiger partial charge on any atom is -0.383 e. The molecule has 0 saturated heterocycles. The first-order valence-electron chi connectivity index (χ1n) is 3.93. The zero-order valence-electron chi connectivity index (χ0n) is 7.11. The van der Waals surface area contributed by atoms with Crippen molar-refractivity contribution in [2.45, 2.75) is 0 Å². The summed E-state index contributed by atoms with van der Waals surface area (Å²) in [5.74, 6) is 0.600. The summed E-state index contributed by atoms with van der Waals surface area (Å²) < 4.78 is 3.48. The third kappa shape index (κ3) is 1.69. The number of nitrogen functional groups attached to an aromatic ring is 1. The van der Waals surface area contributed by atoms with Gasteiger partial charge in [0.05, 0.1) is 16.4 Å².